The number of hydrogen-bond acceptors (Lipinski definition) is 6. The first kappa shape index (κ1) is 29.1. The summed E-state index contributed by atoms with van der Waals surface area (Å²) in [6, 6.07) is 5.81. The normalized spacial score (nSPS) is 18.8. The lowest BCUT2D eigenvalue weighted by Crippen LogP contribution is -2.48. The van der Waals surface area contributed by atoms with Crippen LogP contribution in [0.3, 0.4) is 0 Å². The molecule has 2 amide bonds. The Morgan fingerprint density at radius 3 is 2.57 bits per heavy atom. The van der Waals surface area contributed by atoms with Crippen molar-refractivity contribution in [2.45, 2.75) is 85.9 Å². The molecule has 8 heteroatoms. The second-order valence-electron chi connectivity index (χ2n) is 10.1. The second kappa shape index (κ2) is 13.9. The van der Waals surface area contributed by atoms with Crippen LogP contribution in [0.5, 0.6) is 5.75 Å². The van der Waals surface area contributed by atoms with Gasteiger partial charge < -0.3 is 20.3 Å². The van der Waals surface area contributed by atoms with Gasteiger partial charge in [-0.15, -0.1) is 11.3 Å². The van der Waals surface area contributed by atoms with E-state index in [1.807, 2.05) is 39.3 Å². The van der Waals surface area contributed by atoms with Gasteiger partial charge in [-0.2, -0.15) is 0 Å². The Morgan fingerprint density at radius 2 is 1.92 bits per heavy atom. The van der Waals surface area contributed by atoms with Gasteiger partial charge in [0.2, 0.25) is 11.8 Å². The van der Waals surface area contributed by atoms with Crippen molar-refractivity contribution >= 4 is 23.2 Å². The Balaban J connectivity index is 0.00000186. The Morgan fingerprint density at radius 1 is 1.19 bits per heavy atom. The standard InChI is InChI=1S/C27H38N4O3S.C2H6/c1-17(2)18(3)27(33)31-13-5-6-23(31)26(32)29-15-21-8-7-20(25-19(4)30-16-35-25)14-24(21)34-22-9-11-28-12-10-22;1-2/h7-8,14,16-18,22-23,28H,5-6,9-13,15H2,1-4H3,(H,29,32);1-2H3. The van der Waals surface area contributed by atoms with Gasteiger partial charge in [-0.25, -0.2) is 4.98 Å². The molecule has 0 aliphatic carbocycles. The molecule has 2 unspecified atom stereocenters. The van der Waals surface area contributed by atoms with E-state index >= 15 is 0 Å². The van der Waals surface area contributed by atoms with Crippen LogP contribution in [0.4, 0.5) is 0 Å². The fraction of sp³-hybridized carbons (Fsp3) is 0.621. The molecular formula is C29H44N4O3S. The van der Waals surface area contributed by atoms with Crippen molar-refractivity contribution in [2.75, 3.05) is 19.6 Å². The molecular weight excluding hydrogens is 484 g/mol. The van der Waals surface area contributed by atoms with Gasteiger partial charge in [-0.05, 0) is 63.2 Å². The summed E-state index contributed by atoms with van der Waals surface area (Å²) in [5.74, 6) is 0.979. The average molecular weight is 529 g/mol. The Hall–Kier alpha value is -2.45. The van der Waals surface area contributed by atoms with Crippen LogP contribution in [0.1, 0.15) is 71.6 Å². The minimum absolute atomic E-state index is 0.0804. The highest BCUT2D eigenvalue weighted by Gasteiger charge is 2.36. The number of benzene rings is 1. The van der Waals surface area contributed by atoms with Crippen LogP contribution in [-0.2, 0) is 16.1 Å². The van der Waals surface area contributed by atoms with Crippen LogP contribution in [0.2, 0.25) is 0 Å². The molecule has 0 radical (unpaired) electrons. The quantitative estimate of drug-likeness (QED) is 0.494. The number of piperidine rings is 1. The molecule has 1 aromatic heterocycles. The van der Waals surface area contributed by atoms with Gasteiger partial charge in [-0.1, -0.05) is 46.8 Å². The minimum Gasteiger partial charge on any atom is -0.490 e. The molecule has 3 heterocycles. The number of likely N-dealkylation sites (tertiary alicyclic amines) is 1. The van der Waals surface area contributed by atoms with Crippen molar-refractivity contribution in [3.8, 4) is 16.2 Å². The van der Waals surface area contributed by atoms with Crippen molar-refractivity contribution in [3.63, 3.8) is 0 Å². The molecule has 2 atom stereocenters. The number of aryl methyl sites for hydroxylation is 1. The monoisotopic (exact) mass is 528 g/mol. The third-order valence-electron chi connectivity index (χ3n) is 7.34. The zero-order valence-corrected chi connectivity index (χ0v) is 24.1. The van der Waals surface area contributed by atoms with Crippen molar-refractivity contribution < 1.29 is 14.3 Å². The summed E-state index contributed by atoms with van der Waals surface area (Å²) >= 11 is 1.62. The summed E-state index contributed by atoms with van der Waals surface area (Å²) in [5, 5.41) is 6.48. The van der Waals surface area contributed by atoms with Gasteiger partial charge in [-0.3, -0.25) is 9.59 Å². The lowest BCUT2D eigenvalue weighted by Gasteiger charge is -2.28. The number of carbonyl (C=O) groups is 2. The van der Waals surface area contributed by atoms with Crippen LogP contribution >= 0.6 is 11.3 Å². The third kappa shape index (κ3) is 7.32. The van der Waals surface area contributed by atoms with Crippen molar-refractivity contribution in [3.05, 3.63) is 35.0 Å². The van der Waals surface area contributed by atoms with E-state index in [0.29, 0.717) is 19.5 Å². The first-order chi connectivity index (χ1) is 17.8. The van der Waals surface area contributed by atoms with Crippen LogP contribution in [0.25, 0.3) is 10.4 Å². The minimum atomic E-state index is -0.392. The van der Waals surface area contributed by atoms with Crippen LogP contribution in [-0.4, -0.2) is 53.5 Å². The highest BCUT2D eigenvalue weighted by molar-refractivity contribution is 7.13. The molecule has 2 aliphatic rings. The highest BCUT2D eigenvalue weighted by Crippen LogP contribution is 2.33. The molecule has 37 heavy (non-hydrogen) atoms. The number of amides is 2. The summed E-state index contributed by atoms with van der Waals surface area (Å²) in [7, 11) is 0. The van der Waals surface area contributed by atoms with E-state index in [9.17, 15) is 9.59 Å². The molecule has 4 rings (SSSR count). The van der Waals surface area contributed by atoms with Crippen molar-refractivity contribution in [1.29, 1.82) is 0 Å². The summed E-state index contributed by atoms with van der Waals surface area (Å²) in [6.45, 7) is 15.0. The van der Waals surface area contributed by atoms with E-state index in [-0.39, 0.29) is 29.8 Å². The van der Waals surface area contributed by atoms with Gasteiger partial charge in [0, 0.05) is 24.6 Å². The number of carbonyl (C=O) groups excluding carboxylic acids is 2. The summed E-state index contributed by atoms with van der Waals surface area (Å²) in [6.07, 6.45) is 3.65. The maximum absolute atomic E-state index is 13.2. The number of thiazole rings is 1. The predicted octanol–water partition coefficient (Wildman–Crippen LogP) is 5.17. The van der Waals surface area contributed by atoms with Crippen molar-refractivity contribution in [2.24, 2.45) is 11.8 Å². The number of rotatable bonds is 8. The van der Waals surface area contributed by atoms with Gasteiger partial charge in [0.05, 0.1) is 16.1 Å². The first-order valence-corrected chi connectivity index (χ1v) is 14.7. The van der Waals surface area contributed by atoms with E-state index in [2.05, 4.69) is 41.6 Å². The molecule has 204 valence electrons. The van der Waals surface area contributed by atoms with Crippen LogP contribution in [0, 0.1) is 18.8 Å². The fourth-order valence-corrected chi connectivity index (χ4v) is 5.58. The van der Waals surface area contributed by atoms with E-state index in [1.54, 1.807) is 16.2 Å². The summed E-state index contributed by atoms with van der Waals surface area (Å²) in [5.41, 5.74) is 4.90. The van der Waals surface area contributed by atoms with E-state index < -0.39 is 6.04 Å². The number of aromatic nitrogens is 1. The fourth-order valence-electron chi connectivity index (χ4n) is 4.77. The smallest absolute Gasteiger partial charge is 0.243 e. The van der Waals surface area contributed by atoms with E-state index in [4.69, 9.17) is 4.74 Å². The number of hydrogen-bond donors (Lipinski definition) is 2. The SMILES string of the molecule is CC.Cc1ncsc1-c1ccc(CNC(=O)C2CCCN2C(=O)C(C)C(C)C)c(OC2CCNCC2)c1. The summed E-state index contributed by atoms with van der Waals surface area (Å²) < 4.78 is 6.47. The third-order valence-corrected chi connectivity index (χ3v) is 8.31. The molecule has 0 bridgehead atoms. The zero-order valence-electron chi connectivity index (χ0n) is 23.3. The molecule has 0 saturated carbocycles. The number of nitrogens with zero attached hydrogens (tertiary/aromatic N) is 2. The van der Waals surface area contributed by atoms with Gasteiger partial charge >= 0.3 is 0 Å². The van der Waals surface area contributed by atoms with Gasteiger partial charge in [0.1, 0.15) is 17.9 Å². The zero-order chi connectivity index (χ0) is 26.9. The maximum Gasteiger partial charge on any atom is 0.243 e. The first-order valence-electron chi connectivity index (χ1n) is 13.8. The summed E-state index contributed by atoms with van der Waals surface area (Å²) in [4.78, 5) is 33.4. The Labute approximate surface area is 226 Å². The molecule has 2 saturated heterocycles. The maximum atomic E-state index is 13.2. The topological polar surface area (TPSA) is 83.6 Å². The molecule has 0 spiro atoms. The van der Waals surface area contributed by atoms with Gasteiger partial charge in [0.15, 0.2) is 0 Å². The lowest BCUT2D eigenvalue weighted by molar-refractivity contribution is -0.142. The predicted molar refractivity (Wildman–Crippen MR) is 151 cm³/mol. The van der Waals surface area contributed by atoms with E-state index in [0.717, 1.165) is 59.8 Å². The Bertz CT molecular complexity index is 1030. The number of ether oxygens (including phenoxy) is 1. The number of nitrogens with one attached hydrogen (secondary N) is 2. The highest BCUT2D eigenvalue weighted by atomic mass is 32.1. The van der Waals surface area contributed by atoms with Gasteiger partial charge in [0.25, 0.3) is 0 Å². The molecule has 7 nitrogen and oxygen atoms in total. The molecule has 2 aromatic rings. The molecule has 2 aliphatic heterocycles. The van der Waals surface area contributed by atoms with Crippen LogP contribution in [0.15, 0.2) is 23.7 Å². The van der Waals surface area contributed by atoms with Crippen molar-refractivity contribution in [1.82, 2.24) is 20.5 Å². The molecule has 2 N–H and O–H groups in total. The second-order valence-corrected chi connectivity index (χ2v) is 11.0. The van der Waals surface area contributed by atoms with Crippen LogP contribution < -0.4 is 15.4 Å². The molecule has 2 fully saturated rings. The Kier molecular flexibility index (Phi) is 10.9. The van der Waals surface area contributed by atoms with E-state index in [1.165, 1.54) is 0 Å². The largest absolute Gasteiger partial charge is 0.490 e. The molecule has 1 aromatic carbocycles. The lowest BCUT2D eigenvalue weighted by atomic mass is 9.96. The average Bonchev–Trinajstić information content (AvgIpc) is 3.58.